The summed E-state index contributed by atoms with van der Waals surface area (Å²) in [6, 6.07) is 7.48. The summed E-state index contributed by atoms with van der Waals surface area (Å²) in [4.78, 5) is 0. The van der Waals surface area contributed by atoms with Crippen LogP contribution in [0.2, 0.25) is 0 Å². The van der Waals surface area contributed by atoms with Crippen LogP contribution in [0.3, 0.4) is 0 Å². The van der Waals surface area contributed by atoms with E-state index in [2.05, 4.69) is 0 Å². The Morgan fingerprint density at radius 3 is 3.00 bits per heavy atom. The summed E-state index contributed by atoms with van der Waals surface area (Å²) < 4.78 is 15.6. The second kappa shape index (κ2) is 4.76. The minimum Gasteiger partial charge on any atom is -0.423 e. The number of benzene rings is 1. The van der Waals surface area contributed by atoms with Crippen molar-refractivity contribution in [2.24, 2.45) is 0 Å². The summed E-state index contributed by atoms with van der Waals surface area (Å²) in [5.74, 6) is 0. The fourth-order valence-electron chi connectivity index (χ4n) is 1.58. The molecule has 1 atom stereocenters. The van der Waals surface area contributed by atoms with E-state index in [9.17, 15) is 5.02 Å². The summed E-state index contributed by atoms with van der Waals surface area (Å²) >= 11 is 0. The third-order valence-electron chi connectivity index (χ3n) is 2.33. The van der Waals surface area contributed by atoms with Gasteiger partial charge < -0.3 is 19.2 Å². The van der Waals surface area contributed by atoms with Crippen molar-refractivity contribution in [2.45, 2.75) is 6.29 Å². The van der Waals surface area contributed by atoms with Crippen molar-refractivity contribution in [3.05, 3.63) is 29.8 Å². The number of methoxy groups -OCH3 is 1. The van der Waals surface area contributed by atoms with Crippen LogP contribution in [0.15, 0.2) is 24.3 Å². The first-order chi connectivity index (χ1) is 7.33. The lowest BCUT2D eigenvalue weighted by Crippen LogP contribution is -2.27. The highest BCUT2D eigenvalue weighted by molar-refractivity contribution is 6.61. The van der Waals surface area contributed by atoms with Gasteiger partial charge in [-0.3, -0.25) is 0 Å². The largest absolute Gasteiger partial charge is 0.493 e. The van der Waals surface area contributed by atoms with Gasteiger partial charge in [0.15, 0.2) is 6.29 Å². The molecule has 15 heavy (non-hydrogen) atoms. The van der Waals surface area contributed by atoms with Crippen molar-refractivity contribution in [3.63, 3.8) is 0 Å². The molecule has 1 aromatic rings. The van der Waals surface area contributed by atoms with Crippen LogP contribution < -0.4 is 5.46 Å². The molecular formula is C10H13BO4. The lowest BCUT2D eigenvalue weighted by atomic mass is 9.80. The zero-order valence-corrected chi connectivity index (χ0v) is 8.55. The molecule has 80 valence electrons. The quantitative estimate of drug-likeness (QED) is 0.561. The Morgan fingerprint density at radius 1 is 1.40 bits per heavy atom. The SMILES string of the molecule is COCCOC1OB(O)c2ccccc21. The maximum atomic E-state index is 9.57. The van der Waals surface area contributed by atoms with E-state index in [4.69, 9.17) is 14.1 Å². The highest BCUT2D eigenvalue weighted by atomic mass is 16.7. The predicted octanol–water partition coefficient (Wildman–Crippen LogP) is 0.0659. The van der Waals surface area contributed by atoms with Crippen LogP contribution in [0, 0.1) is 0 Å². The Bertz CT molecular complexity index is 331. The monoisotopic (exact) mass is 208 g/mol. The molecular weight excluding hydrogens is 195 g/mol. The first-order valence-corrected chi connectivity index (χ1v) is 4.86. The molecule has 2 rings (SSSR count). The third kappa shape index (κ3) is 2.21. The molecule has 0 saturated carbocycles. The summed E-state index contributed by atoms with van der Waals surface area (Å²) in [5, 5.41) is 9.57. The van der Waals surface area contributed by atoms with Gasteiger partial charge in [-0.1, -0.05) is 24.3 Å². The van der Waals surface area contributed by atoms with Crippen molar-refractivity contribution in [1.82, 2.24) is 0 Å². The van der Waals surface area contributed by atoms with Crippen molar-refractivity contribution in [2.75, 3.05) is 20.3 Å². The van der Waals surface area contributed by atoms with Crippen molar-refractivity contribution in [1.29, 1.82) is 0 Å². The minimum absolute atomic E-state index is 0.447. The van der Waals surface area contributed by atoms with Gasteiger partial charge in [0.25, 0.3) is 0 Å². The molecule has 5 heteroatoms. The highest BCUT2D eigenvalue weighted by Gasteiger charge is 2.35. The van der Waals surface area contributed by atoms with Gasteiger partial charge >= 0.3 is 7.12 Å². The normalized spacial score (nSPS) is 19.3. The molecule has 0 radical (unpaired) electrons. The molecule has 1 aliphatic heterocycles. The minimum atomic E-state index is -0.881. The van der Waals surface area contributed by atoms with E-state index in [0.717, 1.165) is 11.0 Å². The number of rotatable bonds is 4. The Labute approximate surface area is 88.9 Å². The Hall–Kier alpha value is -0.875. The summed E-state index contributed by atoms with van der Waals surface area (Å²) in [5.41, 5.74) is 1.67. The summed E-state index contributed by atoms with van der Waals surface area (Å²) in [6.07, 6.45) is -0.480. The van der Waals surface area contributed by atoms with Gasteiger partial charge in [-0.15, -0.1) is 0 Å². The van der Waals surface area contributed by atoms with Crippen LogP contribution in [0.25, 0.3) is 0 Å². The first kappa shape index (κ1) is 10.6. The molecule has 0 spiro atoms. The lowest BCUT2D eigenvalue weighted by molar-refractivity contribution is -0.0965. The molecule has 0 aromatic heterocycles. The van der Waals surface area contributed by atoms with Crippen molar-refractivity contribution >= 4 is 12.6 Å². The lowest BCUT2D eigenvalue weighted by Gasteiger charge is -2.12. The molecule has 1 unspecified atom stereocenters. The highest BCUT2D eigenvalue weighted by Crippen LogP contribution is 2.23. The smallest absolute Gasteiger partial charge is 0.423 e. The number of hydrogen-bond donors (Lipinski definition) is 1. The average molecular weight is 208 g/mol. The summed E-state index contributed by atoms with van der Waals surface area (Å²) in [7, 11) is 0.732. The predicted molar refractivity (Wildman–Crippen MR) is 55.7 cm³/mol. The van der Waals surface area contributed by atoms with Crippen molar-refractivity contribution in [3.8, 4) is 0 Å². The fourth-order valence-corrected chi connectivity index (χ4v) is 1.58. The van der Waals surface area contributed by atoms with Gasteiger partial charge in [0.1, 0.15) is 0 Å². The number of ether oxygens (including phenoxy) is 2. The molecule has 1 aliphatic rings. The molecule has 0 fully saturated rings. The zero-order valence-electron chi connectivity index (χ0n) is 8.55. The van der Waals surface area contributed by atoms with E-state index in [1.54, 1.807) is 7.11 Å². The van der Waals surface area contributed by atoms with Crippen LogP contribution in [0.5, 0.6) is 0 Å². The van der Waals surface area contributed by atoms with E-state index in [1.807, 2.05) is 24.3 Å². The maximum Gasteiger partial charge on any atom is 0.493 e. The Kier molecular flexibility index (Phi) is 3.38. The van der Waals surface area contributed by atoms with Crippen LogP contribution in [0.1, 0.15) is 11.9 Å². The topological polar surface area (TPSA) is 47.9 Å². The third-order valence-corrected chi connectivity index (χ3v) is 2.33. The Morgan fingerprint density at radius 2 is 2.20 bits per heavy atom. The maximum absolute atomic E-state index is 9.57. The van der Waals surface area contributed by atoms with E-state index in [-0.39, 0.29) is 0 Å². The van der Waals surface area contributed by atoms with Gasteiger partial charge in [0.2, 0.25) is 0 Å². The molecule has 1 aromatic carbocycles. The number of fused-ring (bicyclic) bond motifs is 1. The number of hydrogen-bond acceptors (Lipinski definition) is 4. The van der Waals surface area contributed by atoms with Gasteiger partial charge in [-0.25, -0.2) is 0 Å². The molecule has 0 aliphatic carbocycles. The molecule has 1 N–H and O–H groups in total. The van der Waals surface area contributed by atoms with Gasteiger partial charge in [-0.05, 0) is 5.46 Å². The van der Waals surface area contributed by atoms with Crippen molar-refractivity contribution < 1.29 is 19.2 Å². The fraction of sp³-hybridized carbons (Fsp3) is 0.400. The van der Waals surface area contributed by atoms with Crippen LogP contribution in [0.4, 0.5) is 0 Å². The zero-order chi connectivity index (χ0) is 10.7. The molecule has 0 bridgehead atoms. The van der Waals surface area contributed by atoms with Gasteiger partial charge in [-0.2, -0.15) is 0 Å². The van der Waals surface area contributed by atoms with Crippen LogP contribution in [-0.2, 0) is 14.1 Å². The standard InChI is InChI=1S/C10H13BO4/c1-13-6-7-14-10-8-4-2-3-5-9(8)11(12)15-10/h2-5,10,12H,6-7H2,1H3. The van der Waals surface area contributed by atoms with Crippen LogP contribution >= 0.6 is 0 Å². The summed E-state index contributed by atoms with van der Waals surface area (Å²) in [6.45, 7) is 0.959. The van der Waals surface area contributed by atoms with Gasteiger partial charge in [0.05, 0.1) is 13.2 Å². The van der Waals surface area contributed by atoms with E-state index in [0.29, 0.717) is 13.2 Å². The second-order valence-corrected chi connectivity index (χ2v) is 3.31. The molecule has 1 heterocycles. The van der Waals surface area contributed by atoms with E-state index >= 15 is 0 Å². The van der Waals surface area contributed by atoms with Crippen LogP contribution in [-0.4, -0.2) is 32.5 Å². The molecule has 0 amide bonds. The Balaban J connectivity index is 2.04. The second-order valence-electron chi connectivity index (χ2n) is 3.31. The molecule has 4 nitrogen and oxygen atoms in total. The first-order valence-electron chi connectivity index (χ1n) is 4.86. The van der Waals surface area contributed by atoms with Gasteiger partial charge in [0, 0.05) is 12.7 Å². The molecule has 0 saturated heterocycles. The van der Waals surface area contributed by atoms with E-state index in [1.165, 1.54) is 0 Å². The average Bonchev–Trinajstić information content (AvgIpc) is 2.58. The van der Waals surface area contributed by atoms with E-state index < -0.39 is 13.4 Å².